The van der Waals surface area contributed by atoms with E-state index in [9.17, 15) is 0 Å². The second-order valence-electron chi connectivity index (χ2n) is 10.9. The summed E-state index contributed by atoms with van der Waals surface area (Å²) in [5.41, 5.74) is -0.328. The zero-order valence-electron chi connectivity index (χ0n) is 18.1. The second-order valence-corrected chi connectivity index (χ2v) is 10.9. The molecule has 4 fully saturated rings. The molecule has 4 rings (SSSR count). The number of hydrogen-bond acceptors (Lipinski definition) is 4. The number of halogens is 1. The van der Waals surface area contributed by atoms with Crippen molar-refractivity contribution >= 4 is 0 Å². The molecule has 0 radical (unpaired) electrons. The van der Waals surface area contributed by atoms with Crippen LogP contribution in [0.3, 0.4) is 0 Å². The summed E-state index contributed by atoms with van der Waals surface area (Å²) in [4.78, 5) is 9.89. The number of piperazine rings is 1. The monoisotopic (exact) mass is 380 g/mol. The zero-order valence-corrected chi connectivity index (χ0v) is 18.1. The van der Waals surface area contributed by atoms with Crippen LogP contribution >= 0.6 is 0 Å². The lowest BCUT2D eigenvalue weighted by atomic mass is 9.89. The van der Waals surface area contributed by atoms with Gasteiger partial charge in [0.25, 0.3) is 0 Å². The maximum absolute atomic E-state index is 15.1. The molecule has 0 spiro atoms. The summed E-state index contributed by atoms with van der Waals surface area (Å²) >= 11 is 0. The summed E-state index contributed by atoms with van der Waals surface area (Å²) in [7, 11) is 0. The van der Waals surface area contributed by atoms with Crippen LogP contribution in [-0.2, 0) is 0 Å². The van der Waals surface area contributed by atoms with Gasteiger partial charge in [-0.05, 0) is 44.4 Å². The van der Waals surface area contributed by atoms with E-state index in [4.69, 9.17) is 0 Å². The molecule has 0 atom stereocenters. The van der Waals surface area contributed by atoms with E-state index in [0.29, 0.717) is 37.1 Å². The third kappa shape index (κ3) is 4.68. The van der Waals surface area contributed by atoms with E-state index < -0.39 is 5.67 Å². The van der Waals surface area contributed by atoms with Gasteiger partial charge in [0.15, 0.2) is 0 Å². The Hall–Kier alpha value is -0.230. The van der Waals surface area contributed by atoms with Crippen LogP contribution in [0.25, 0.3) is 0 Å². The van der Waals surface area contributed by atoms with Gasteiger partial charge in [0, 0.05) is 77.5 Å². The van der Waals surface area contributed by atoms with E-state index in [2.05, 4.69) is 47.3 Å². The van der Waals surface area contributed by atoms with Crippen LogP contribution in [-0.4, -0.2) is 103 Å². The van der Waals surface area contributed by atoms with Gasteiger partial charge in [0.1, 0.15) is 5.67 Å². The van der Waals surface area contributed by atoms with Crippen molar-refractivity contribution in [1.29, 1.82) is 0 Å². The fraction of sp³-hybridized carbons (Fsp3) is 1.00. The van der Waals surface area contributed by atoms with E-state index in [1.54, 1.807) is 0 Å². The van der Waals surface area contributed by atoms with Crippen molar-refractivity contribution in [3.05, 3.63) is 0 Å². The normalized spacial score (nSPS) is 29.9. The summed E-state index contributed by atoms with van der Waals surface area (Å²) in [5.74, 6) is 0.814. The third-order valence-corrected chi connectivity index (χ3v) is 7.43. The highest BCUT2D eigenvalue weighted by molar-refractivity contribution is 5.06. The van der Waals surface area contributed by atoms with Crippen LogP contribution in [0, 0.1) is 11.3 Å². The lowest BCUT2D eigenvalue weighted by molar-refractivity contribution is -0.112. The first-order valence-corrected chi connectivity index (χ1v) is 11.4. The average molecular weight is 381 g/mol. The average Bonchev–Trinajstić information content (AvgIpc) is 3.27. The Bertz CT molecular complexity index is 498. The molecule has 4 aliphatic rings. The fourth-order valence-corrected chi connectivity index (χ4v) is 5.73. The lowest BCUT2D eigenvalue weighted by Gasteiger charge is -2.56. The van der Waals surface area contributed by atoms with Crippen molar-refractivity contribution in [1.82, 2.24) is 19.6 Å². The van der Waals surface area contributed by atoms with Crippen molar-refractivity contribution in [2.24, 2.45) is 11.3 Å². The molecule has 27 heavy (non-hydrogen) atoms. The molecule has 0 aromatic carbocycles. The predicted molar refractivity (Wildman–Crippen MR) is 110 cm³/mol. The van der Waals surface area contributed by atoms with Gasteiger partial charge in [-0.2, -0.15) is 0 Å². The lowest BCUT2D eigenvalue weighted by Crippen LogP contribution is -2.72. The van der Waals surface area contributed by atoms with Crippen LogP contribution in [0.5, 0.6) is 0 Å². The highest BCUT2D eigenvalue weighted by Gasteiger charge is 2.51. The molecule has 0 aromatic rings. The first-order valence-electron chi connectivity index (χ1n) is 11.4. The molecule has 0 amide bonds. The summed E-state index contributed by atoms with van der Waals surface area (Å²) in [5, 5.41) is 0. The zero-order chi connectivity index (χ0) is 19.2. The van der Waals surface area contributed by atoms with Gasteiger partial charge in [-0.15, -0.1) is 0 Å². The minimum absolute atomic E-state index is 0.613. The molecule has 3 aliphatic heterocycles. The molecule has 156 valence electrons. The van der Waals surface area contributed by atoms with E-state index in [1.165, 1.54) is 38.9 Å². The molecular formula is C22H41FN4. The Morgan fingerprint density at radius 1 is 0.889 bits per heavy atom. The highest BCUT2D eigenvalue weighted by Crippen LogP contribution is 2.51. The number of nitrogens with zero attached hydrogens (tertiary/aromatic N) is 4. The van der Waals surface area contributed by atoms with Crippen LogP contribution in [0.4, 0.5) is 4.39 Å². The van der Waals surface area contributed by atoms with Gasteiger partial charge in [0.05, 0.1) is 0 Å². The molecule has 0 N–H and O–H groups in total. The van der Waals surface area contributed by atoms with Crippen LogP contribution < -0.4 is 0 Å². The third-order valence-electron chi connectivity index (χ3n) is 7.43. The van der Waals surface area contributed by atoms with Crippen molar-refractivity contribution in [3.8, 4) is 0 Å². The molecule has 1 saturated carbocycles. The molecular weight excluding hydrogens is 339 g/mol. The quantitative estimate of drug-likeness (QED) is 0.642. The van der Waals surface area contributed by atoms with E-state index >= 15 is 4.39 Å². The van der Waals surface area contributed by atoms with Gasteiger partial charge in [-0.1, -0.05) is 13.8 Å². The Balaban J connectivity index is 1.13. The first-order chi connectivity index (χ1) is 12.8. The minimum Gasteiger partial charge on any atom is -0.300 e. The van der Waals surface area contributed by atoms with Gasteiger partial charge in [-0.3, -0.25) is 19.6 Å². The second kappa shape index (κ2) is 7.55. The maximum atomic E-state index is 15.1. The van der Waals surface area contributed by atoms with Crippen molar-refractivity contribution in [2.75, 3.05) is 65.4 Å². The Morgan fingerprint density at radius 3 is 2.04 bits per heavy atom. The fourth-order valence-electron chi connectivity index (χ4n) is 5.73. The topological polar surface area (TPSA) is 13.0 Å². The SMILES string of the molecule is CC(C)CC1(CN2CC(N3CC(F)(CN4CCN(C(C)C)CC4)C3)C2)CC1. The summed E-state index contributed by atoms with van der Waals surface area (Å²) < 4.78 is 15.1. The molecule has 0 aromatic heterocycles. The predicted octanol–water partition coefficient (Wildman–Crippen LogP) is 2.55. The van der Waals surface area contributed by atoms with Crippen molar-refractivity contribution < 1.29 is 4.39 Å². The van der Waals surface area contributed by atoms with E-state index in [0.717, 1.165) is 32.1 Å². The Morgan fingerprint density at radius 2 is 1.52 bits per heavy atom. The van der Waals surface area contributed by atoms with Gasteiger partial charge in [-0.25, -0.2) is 4.39 Å². The summed E-state index contributed by atoms with van der Waals surface area (Å²) in [6.45, 7) is 19.0. The molecule has 5 heteroatoms. The molecule has 4 nitrogen and oxygen atoms in total. The number of likely N-dealkylation sites (tertiary alicyclic amines) is 2. The van der Waals surface area contributed by atoms with Crippen molar-refractivity contribution in [3.63, 3.8) is 0 Å². The summed E-state index contributed by atoms with van der Waals surface area (Å²) in [6.07, 6.45) is 4.23. The first kappa shape index (κ1) is 20.1. The standard InChI is InChI=1S/C22H41FN4/c1-18(2)11-21(5-6-21)14-25-12-20(13-25)27-16-22(23,17-27)15-24-7-9-26(10-8-24)19(3)4/h18-20H,5-17H2,1-4H3. The van der Waals surface area contributed by atoms with Crippen LogP contribution in [0.15, 0.2) is 0 Å². The molecule has 0 bridgehead atoms. The largest absolute Gasteiger partial charge is 0.300 e. The Labute approximate surface area is 166 Å². The van der Waals surface area contributed by atoms with E-state index in [-0.39, 0.29) is 0 Å². The minimum atomic E-state index is -0.963. The number of alkyl halides is 1. The molecule has 3 saturated heterocycles. The van der Waals surface area contributed by atoms with Crippen LogP contribution in [0.2, 0.25) is 0 Å². The van der Waals surface area contributed by atoms with Gasteiger partial charge < -0.3 is 0 Å². The van der Waals surface area contributed by atoms with Crippen molar-refractivity contribution in [2.45, 2.75) is 64.7 Å². The van der Waals surface area contributed by atoms with Gasteiger partial charge >= 0.3 is 0 Å². The number of hydrogen-bond donors (Lipinski definition) is 0. The number of rotatable bonds is 8. The van der Waals surface area contributed by atoms with Gasteiger partial charge in [0.2, 0.25) is 0 Å². The molecule has 3 heterocycles. The Kier molecular flexibility index (Phi) is 5.61. The van der Waals surface area contributed by atoms with Crippen LogP contribution in [0.1, 0.15) is 47.0 Å². The molecule has 1 aliphatic carbocycles. The summed E-state index contributed by atoms with van der Waals surface area (Å²) in [6, 6.07) is 1.23. The maximum Gasteiger partial charge on any atom is 0.148 e. The smallest absolute Gasteiger partial charge is 0.148 e. The highest BCUT2D eigenvalue weighted by atomic mass is 19.1. The molecule has 0 unspecified atom stereocenters. The van der Waals surface area contributed by atoms with E-state index in [1.807, 2.05) is 0 Å².